The minimum absolute atomic E-state index is 0.351. The molecule has 0 aliphatic heterocycles. The van der Waals surface area contributed by atoms with Crippen molar-refractivity contribution >= 4 is 12.1 Å². The first-order chi connectivity index (χ1) is 6.17. The largest absolute Gasteiger partial charge is 0.338 e. The van der Waals surface area contributed by atoms with E-state index in [9.17, 15) is 9.59 Å². The summed E-state index contributed by atoms with van der Waals surface area (Å²) >= 11 is 0. The Hall–Kier alpha value is -1.26. The standard InChI is InChI=1S/C8H17N3O2/c1-4-9-7(12)11(6-3)8(13)10-5-2/h4-6H2,1-3H3,(H,9,12)(H,10,13). The van der Waals surface area contributed by atoms with Gasteiger partial charge in [0.05, 0.1) is 0 Å². The number of urea groups is 2. The van der Waals surface area contributed by atoms with Gasteiger partial charge in [0.25, 0.3) is 0 Å². The Bertz CT molecular complexity index is 164. The fourth-order valence-electron chi connectivity index (χ4n) is 0.873. The molecule has 5 nitrogen and oxygen atoms in total. The summed E-state index contributed by atoms with van der Waals surface area (Å²) in [6, 6.07) is -0.702. The first-order valence-electron chi connectivity index (χ1n) is 4.50. The number of nitrogens with zero attached hydrogens (tertiary/aromatic N) is 1. The minimum Gasteiger partial charge on any atom is -0.338 e. The van der Waals surface area contributed by atoms with E-state index in [0.29, 0.717) is 19.6 Å². The maximum atomic E-state index is 11.2. The number of rotatable bonds is 3. The molecule has 0 rings (SSSR count). The van der Waals surface area contributed by atoms with E-state index in [1.807, 2.05) is 13.8 Å². The molecule has 0 unspecified atom stereocenters. The summed E-state index contributed by atoms with van der Waals surface area (Å²) in [4.78, 5) is 23.6. The summed E-state index contributed by atoms with van der Waals surface area (Å²) in [5.41, 5.74) is 0. The highest BCUT2D eigenvalue weighted by molar-refractivity contribution is 5.93. The molecule has 0 aliphatic rings. The molecule has 2 N–H and O–H groups in total. The van der Waals surface area contributed by atoms with Crippen LogP contribution in [0.4, 0.5) is 9.59 Å². The van der Waals surface area contributed by atoms with Gasteiger partial charge in [0.15, 0.2) is 0 Å². The van der Waals surface area contributed by atoms with Crippen molar-refractivity contribution in [2.45, 2.75) is 20.8 Å². The predicted molar refractivity (Wildman–Crippen MR) is 50.5 cm³/mol. The Kier molecular flexibility index (Phi) is 5.67. The van der Waals surface area contributed by atoms with E-state index in [1.54, 1.807) is 6.92 Å². The molecule has 0 fully saturated rings. The molecule has 0 atom stereocenters. The molecule has 0 aromatic carbocycles. The maximum absolute atomic E-state index is 11.2. The number of carbonyl (C=O) groups excluding carboxylic acids is 2. The first-order valence-corrected chi connectivity index (χ1v) is 4.50. The summed E-state index contributed by atoms with van der Waals surface area (Å²) in [5, 5.41) is 5.12. The van der Waals surface area contributed by atoms with Crippen LogP contribution in [0.3, 0.4) is 0 Å². The first kappa shape index (κ1) is 11.7. The van der Waals surface area contributed by atoms with Gasteiger partial charge in [-0.3, -0.25) is 0 Å². The van der Waals surface area contributed by atoms with Crippen molar-refractivity contribution in [3.8, 4) is 0 Å². The van der Waals surface area contributed by atoms with Gasteiger partial charge in [-0.2, -0.15) is 0 Å². The third-order valence-electron chi connectivity index (χ3n) is 1.46. The summed E-state index contributed by atoms with van der Waals surface area (Å²) in [6.07, 6.45) is 0. The zero-order chi connectivity index (χ0) is 10.3. The molecule has 4 amide bonds. The van der Waals surface area contributed by atoms with Crippen LogP contribution in [0.15, 0.2) is 0 Å². The van der Waals surface area contributed by atoms with Gasteiger partial charge < -0.3 is 10.6 Å². The van der Waals surface area contributed by atoms with Gasteiger partial charge in [0.1, 0.15) is 0 Å². The van der Waals surface area contributed by atoms with Gasteiger partial charge >= 0.3 is 12.1 Å². The highest BCUT2D eigenvalue weighted by Crippen LogP contribution is 1.89. The predicted octanol–water partition coefficient (Wildman–Crippen LogP) is 0.767. The lowest BCUT2D eigenvalue weighted by molar-refractivity contribution is 0.188. The number of nitrogens with one attached hydrogen (secondary N) is 2. The second-order valence-electron chi connectivity index (χ2n) is 2.42. The van der Waals surface area contributed by atoms with Crippen molar-refractivity contribution in [3.05, 3.63) is 0 Å². The van der Waals surface area contributed by atoms with Gasteiger partial charge in [-0.25, -0.2) is 14.5 Å². The van der Waals surface area contributed by atoms with E-state index in [2.05, 4.69) is 10.6 Å². The summed E-state index contributed by atoms with van der Waals surface area (Å²) in [6.45, 7) is 6.79. The molecule has 0 bridgehead atoms. The Morgan fingerprint density at radius 2 is 1.38 bits per heavy atom. The van der Waals surface area contributed by atoms with Crippen LogP contribution in [0.25, 0.3) is 0 Å². The second kappa shape index (κ2) is 6.28. The van der Waals surface area contributed by atoms with Gasteiger partial charge in [-0.1, -0.05) is 0 Å². The smallest absolute Gasteiger partial charge is 0.325 e. The zero-order valence-corrected chi connectivity index (χ0v) is 8.39. The second-order valence-corrected chi connectivity index (χ2v) is 2.42. The van der Waals surface area contributed by atoms with Crippen molar-refractivity contribution in [1.29, 1.82) is 0 Å². The molecule has 0 aromatic heterocycles. The minimum atomic E-state index is -0.351. The summed E-state index contributed by atoms with van der Waals surface area (Å²) < 4.78 is 0. The molecular formula is C8H17N3O2. The number of hydrogen-bond donors (Lipinski definition) is 2. The third kappa shape index (κ3) is 3.78. The fourth-order valence-corrected chi connectivity index (χ4v) is 0.873. The number of carbonyl (C=O) groups is 2. The lowest BCUT2D eigenvalue weighted by Gasteiger charge is -2.18. The monoisotopic (exact) mass is 187 g/mol. The molecule has 5 heteroatoms. The van der Waals surface area contributed by atoms with Crippen LogP contribution in [0.5, 0.6) is 0 Å². The van der Waals surface area contributed by atoms with E-state index in [4.69, 9.17) is 0 Å². The van der Waals surface area contributed by atoms with Gasteiger partial charge in [0, 0.05) is 19.6 Å². The Balaban J connectivity index is 4.15. The number of amides is 4. The average molecular weight is 187 g/mol. The molecule has 0 saturated heterocycles. The molecule has 0 aromatic rings. The Morgan fingerprint density at radius 3 is 1.62 bits per heavy atom. The van der Waals surface area contributed by atoms with Crippen LogP contribution in [-0.2, 0) is 0 Å². The topological polar surface area (TPSA) is 61.4 Å². The molecule has 0 spiro atoms. The van der Waals surface area contributed by atoms with Crippen LogP contribution in [0, 0.1) is 0 Å². The van der Waals surface area contributed by atoms with Gasteiger partial charge in [-0.05, 0) is 20.8 Å². The molecule has 0 saturated carbocycles. The zero-order valence-electron chi connectivity index (χ0n) is 8.39. The van der Waals surface area contributed by atoms with Crippen molar-refractivity contribution in [1.82, 2.24) is 15.5 Å². The van der Waals surface area contributed by atoms with Gasteiger partial charge in [0.2, 0.25) is 0 Å². The van der Waals surface area contributed by atoms with E-state index < -0.39 is 0 Å². The Labute approximate surface area is 78.5 Å². The summed E-state index contributed by atoms with van der Waals surface area (Å²) in [5.74, 6) is 0. The summed E-state index contributed by atoms with van der Waals surface area (Å²) in [7, 11) is 0. The fraction of sp³-hybridized carbons (Fsp3) is 0.750. The SMILES string of the molecule is CCNC(=O)N(CC)C(=O)NCC. The van der Waals surface area contributed by atoms with Crippen LogP contribution in [0.1, 0.15) is 20.8 Å². The van der Waals surface area contributed by atoms with Crippen molar-refractivity contribution in [2.75, 3.05) is 19.6 Å². The van der Waals surface area contributed by atoms with Gasteiger partial charge in [-0.15, -0.1) is 0 Å². The van der Waals surface area contributed by atoms with Crippen LogP contribution in [-0.4, -0.2) is 36.6 Å². The van der Waals surface area contributed by atoms with E-state index in [1.165, 1.54) is 0 Å². The lowest BCUT2D eigenvalue weighted by atomic mass is 10.5. The Morgan fingerprint density at radius 1 is 1.00 bits per heavy atom. The van der Waals surface area contributed by atoms with Crippen LogP contribution >= 0.6 is 0 Å². The molecular weight excluding hydrogens is 170 g/mol. The third-order valence-corrected chi connectivity index (χ3v) is 1.46. The van der Waals surface area contributed by atoms with E-state index in [-0.39, 0.29) is 12.1 Å². The van der Waals surface area contributed by atoms with Crippen LogP contribution < -0.4 is 10.6 Å². The highest BCUT2D eigenvalue weighted by atomic mass is 16.2. The molecule has 76 valence electrons. The average Bonchev–Trinajstić information content (AvgIpc) is 2.06. The van der Waals surface area contributed by atoms with Crippen LogP contribution in [0.2, 0.25) is 0 Å². The number of hydrogen-bond acceptors (Lipinski definition) is 2. The van der Waals surface area contributed by atoms with E-state index in [0.717, 1.165) is 4.90 Å². The quantitative estimate of drug-likeness (QED) is 0.685. The molecule has 13 heavy (non-hydrogen) atoms. The van der Waals surface area contributed by atoms with Crippen molar-refractivity contribution in [2.24, 2.45) is 0 Å². The van der Waals surface area contributed by atoms with Crippen molar-refractivity contribution < 1.29 is 9.59 Å². The molecule has 0 aliphatic carbocycles. The van der Waals surface area contributed by atoms with Crippen molar-refractivity contribution in [3.63, 3.8) is 0 Å². The number of imide groups is 1. The molecule has 0 radical (unpaired) electrons. The maximum Gasteiger partial charge on any atom is 0.325 e. The normalized spacial score (nSPS) is 9.15. The molecule has 0 heterocycles. The lowest BCUT2D eigenvalue weighted by Crippen LogP contribution is -2.48. The van der Waals surface area contributed by atoms with E-state index >= 15 is 0 Å². The highest BCUT2D eigenvalue weighted by Gasteiger charge is 2.17.